The Morgan fingerprint density at radius 3 is 2.68 bits per heavy atom. The van der Waals surface area contributed by atoms with E-state index in [9.17, 15) is 4.79 Å². The van der Waals surface area contributed by atoms with Crippen molar-refractivity contribution in [2.24, 2.45) is 4.99 Å². The number of fused-ring (bicyclic) bond motifs is 5. The third-order valence-corrected chi connectivity index (χ3v) is 3.78. The van der Waals surface area contributed by atoms with Crippen molar-refractivity contribution in [3.63, 3.8) is 0 Å². The number of carbonyl (C=O) groups excluding carboxylic acids is 1. The number of benzene rings is 3. The van der Waals surface area contributed by atoms with Crippen molar-refractivity contribution in [3.8, 4) is 0 Å². The predicted octanol–water partition coefficient (Wildman–Crippen LogP) is 4.70. The van der Waals surface area contributed by atoms with E-state index in [1.807, 2.05) is 30.3 Å². The zero-order chi connectivity index (χ0) is 15.1. The Bertz CT molecular complexity index is 1060. The molecule has 3 heteroatoms. The van der Waals surface area contributed by atoms with Crippen LogP contribution in [0.3, 0.4) is 0 Å². The fraction of sp³-hybridized carbons (Fsp3) is 0.0526. The zero-order valence-electron chi connectivity index (χ0n) is 12.0. The Morgan fingerprint density at radius 2 is 1.82 bits per heavy atom. The van der Waals surface area contributed by atoms with Crippen LogP contribution in [-0.4, -0.2) is 12.1 Å². The van der Waals surface area contributed by atoms with Crippen LogP contribution < -0.4 is 0 Å². The molecular weight excluding hydrogens is 274 g/mol. The molecule has 1 aromatic heterocycles. The standard InChI is InChI=1S/C19H13NO2/c1-12(21)20-11-13-6-8-16-17-9-7-14-4-2-3-5-15(14)19(17)22-18(16)10-13/h2-11H,1H3. The highest BCUT2D eigenvalue weighted by atomic mass is 16.3. The van der Waals surface area contributed by atoms with Gasteiger partial charge in [-0.25, -0.2) is 4.99 Å². The molecule has 0 saturated heterocycles. The molecule has 0 bridgehead atoms. The number of hydrogen-bond donors (Lipinski definition) is 0. The maximum atomic E-state index is 10.9. The molecule has 22 heavy (non-hydrogen) atoms. The summed E-state index contributed by atoms with van der Waals surface area (Å²) in [7, 11) is 0. The summed E-state index contributed by atoms with van der Waals surface area (Å²) in [5.41, 5.74) is 2.55. The van der Waals surface area contributed by atoms with Crippen LogP contribution in [0.4, 0.5) is 0 Å². The van der Waals surface area contributed by atoms with Gasteiger partial charge in [-0.15, -0.1) is 0 Å². The quantitative estimate of drug-likeness (QED) is 0.476. The number of aliphatic imine (C=N–C) groups is 1. The molecule has 4 rings (SSSR count). The molecule has 3 nitrogen and oxygen atoms in total. The van der Waals surface area contributed by atoms with Crippen molar-refractivity contribution in [3.05, 3.63) is 60.2 Å². The summed E-state index contributed by atoms with van der Waals surface area (Å²) in [4.78, 5) is 14.7. The molecule has 0 fully saturated rings. The maximum absolute atomic E-state index is 10.9. The zero-order valence-corrected chi connectivity index (χ0v) is 12.0. The van der Waals surface area contributed by atoms with Gasteiger partial charge >= 0.3 is 0 Å². The van der Waals surface area contributed by atoms with Crippen molar-refractivity contribution in [1.29, 1.82) is 0 Å². The first kappa shape index (κ1) is 12.8. The lowest BCUT2D eigenvalue weighted by Gasteiger charge is -1.97. The second-order valence-electron chi connectivity index (χ2n) is 5.30. The van der Waals surface area contributed by atoms with Gasteiger partial charge in [-0.3, -0.25) is 4.79 Å². The van der Waals surface area contributed by atoms with Crippen molar-refractivity contribution in [1.82, 2.24) is 0 Å². The van der Waals surface area contributed by atoms with E-state index in [0.29, 0.717) is 0 Å². The molecule has 0 aliphatic rings. The molecule has 0 aliphatic heterocycles. The highest BCUT2D eigenvalue weighted by Gasteiger charge is 2.10. The van der Waals surface area contributed by atoms with Crippen molar-refractivity contribution in [2.75, 3.05) is 0 Å². The third kappa shape index (κ3) is 1.99. The van der Waals surface area contributed by atoms with Gasteiger partial charge in [0.2, 0.25) is 5.91 Å². The number of furan rings is 1. The normalized spacial score (nSPS) is 11.9. The van der Waals surface area contributed by atoms with Gasteiger partial charge in [-0.1, -0.05) is 36.4 Å². The van der Waals surface area contributed by atoms with Crippen LogP contribution in [0.1, 0.15) is 12.5 Å². The molecule has 0 aliphatic carbocycles. The second-order valence-corrected chi connectivity index (χ2v) is 5.30. The SMILES string of the molecule is CC(=O)N=Cc1ccc2c(c1)oc1c3ccccc3ccc21. The first-order valence-electron chi connectivity index (χ1n) is 7.11. The first-order chi connectivity index (χ1) is 10.7. The predicted molar refractivity (Wildman–Crippen MR) is 89.5 cm³/mol. The van der Waals surface area contributed by atoms with Gasteiger partial charge in [-0.2, -0.15) is 0 Å². The molecule has 0 N–H and O–H groups in total. The Labute approximate surface area is 126 Å². The fourth-order valence-electron chi connectivity index (χ4n) is 2.77. The van der Waals surface area contributed by atoms with Crippen LogP contribution in [0.25, 0.3) is 32.7 Å². The topological polar surface area (TPSA) is 42.6 Å². The molecule has 1 heterocycles. The Balaban J connectivity index is 2.00. The lowest BCUT2D eigenvalue weighted by Crippen LogP contribution is -1.86. The smallest absolute Gasteiger partial charge is 0.242 e. The van der Waals surface area contributed by atoms with Gasteiger partial charge in [-0.05, 0) is 29.1 Å². The van der Waals surface area contributed by atoms with Gasteiger partial charge in [0.05, 0.1) is 0 Å². The van der Waals surface area contributed by atoms with E-state index in [4.69, 9.17) is 4.42 Å². The van der Waals surface area contributed by atoms with Crippen LogP contribution in [0.2, 0.25) is 0 Å². The minimum atomic E-state index is -0.212. The summed E-state index contributed by atoms with van der Waals surface area (Å²) in [6.07, 6.45) is 1.56. The molecule has 3 aromatic carbocycles. The van der Waals surface area contributed by atoms with Crippen LogP contribution in [0, 0.1) is 0 Å². The Hall–Kier alpha value is -2.94. The number of nitrogens with zero attached hydrogens (tertiary/aromatic N) is 1. The molecule has 0 spiro atoms. The Morgan fingerprint density at radius 1 is 1.00 bits per heavy atom. The largest absolute Gasteiger partial charge is 0.455 e. The molecule has 0 saturated carbocycles. The summed E-state index contributed by atoms with van der Waals surface area (Å²) in [5, 5.41) is 4.44. The van der Waals surface area contributed by atoms with Gasteiger partial charge in [0.25, 0.3) is 0 Å². The van der Waals surface area contributed by atoms with E-state index < -0.39 is 0 Å². The van der Waals surface area contributed by atoms with Gasteiger partial charge in [0.1, 0.15) is 11.2 Å². The lowest BCUT2D eigenvalue weighted by molar-refractivity contribution is -0.115. The second kappa shape index (κ2) is 4.81. The van der Waals surface area contributed by atoms with Gasteiger partial charge in [0.15, 0.2) is 0 Å². The van der Waals surface area contributed by atoms with Gasteiger partial charge in [0, 0.05) is 29.3 Å². The maximum Gasteiger partial charge on any atom is 0.242 e. The summed E-state index contributed by atoms with van der Waals surface area (Å²) in [6, 6.07) is 18.2. The third-order valence-electron chi connectivity index (χ3n) is 3.78. The van der Waals surface area contributed by atoms with Gasteiger partial charge < -0.3 is 4.42 Å². The van der Waals surface area contributed by atoms with E-state index in [0.717, 1.165) is 38.3 Å². The molecule has 106 valence electrons. The molecular formula is C19H13NO2. The summed E-state index contributed by atoms with van der Waals surface area (Å²) in [5.74, 6) is -0.212. The number of amides is 1. The van der Waals surface area contributed by atoms with Crippen LogP contribution in [-0.2, 0) is 4.79 Å². The minimum Gasteiger partial charge on any atom is -0.455 e. The number of hydrogen-bond acceptors (Lipinski definition) is 2. The summed E-state index contributed by atoms with van der Waals surface area (Å²) in [6.45, 7) is 1.43. The number of rotatable bonds is 1. The highest BCUT2D eigenvalue weighted by Crippen LogP contribution is 2.34. The molecule has 0 radical (unpaired) electrons. The van der Waals surface area contributed by atoms with Crippen LogP contribution in [0.15, 0.2) is 64.0 Å². The molecule has 1 amide bonds. The highest BCUT2D eigenvalue weighted by molar-refractivity contribution is 6.15. The van der Waals surface area contributed by atoms with E-state index in [-0.39, 0.29) is 5.91 Å². The summed E-state index contributed by atoms with van der Waals surface area (Å²) < 4.78 is 6.07. The first-order valence-corrected chi connectivity index (χ1v) is 7.11. The van der Waals surface area contributed by atoms with Crippen molar-refractivity contribution < 1.29 is 9.21 Å². The Kier molecular flexibility index (Phi) is 2.79. The monoisotopic (exact) mass is 287 g/mol. The van der Waals surface area contributed by atoms with E-state index in [2.05, 4.69) is 29.3 Å². The van der Waals surface area contributed by atoms with E-state index in [1.165, 1.54) is 6.92 Å². The number of carbonyl (C=O) groups is 1. The molecule has 0 unspecified atom stereocenters. The molecule has 4 aromatic rings. The molecule has 0 atom stereocenters. The summed E-state index contributed by atoms with van der Waals surface area (Å²) >= 11 is 0. The average Bonchev–Trinajstić information content (AvgIpc) is 2.91. The van der Waals surface area contributed by atoms with Crippen molar-refractivity contribution in [2.45, 2.75) is 6.92 Å². The van der Waals surface area contributed by atoms with Crippen LogP contribution >= 0.6 is 0 Å². The minimum absolute atomic E-state index is 0.212. The van der Waals surface area contributed by atoms with E-state index >= 15 is 0 Å². The van der Waals surface area contributed by atoms with Crippen LogP contribution in [0.5, 0.6) is 0 Å². The average molecular weight is 287 g/mol. The lowest BCUT2D eigenvalue weighted by atomic mass is 10.1. The van der Waals surface area contributed by atoms with E-state index in [1.54, 1.807) is 6.21 Å². The van der Waals surface area contributed by atoms with Crippen molar-refractivity contribution >= 4 is 44.8 Å². The fourth-order valence-corrected chi connectivity index (χ4v) is 2.77.